The van der Waals surface area contributed by atoms with Gasteiger partial charge in [0.2, 0.25) is 0 Å². The van der Waals surface area contributed by atoms with E-state index in [-0.39, 0.29) is 12.1 Å². The number of aliphatic hydroxyl groups excluding tert-OH is 1. The molecule has 1 aliphatic heterocycles. The van der Waals surface area contributed by atoms with E-state index in [9.17, 15) is 5.11 Å². The first-order chi connectivity index (χ1) is 7.63. The van der Waals surface area contributed by atoms with E-state index in [0.717, 1.165) is 32.6 Å². The maximum atomic E-state index is 9.45. The van der Waals surface area contributed by atoms with Crippen molar-refractivity contribution in [2.45, 2.75) is 38.3 Å². The van der Waals surface area contributed by atoms with Crippen LogP contribution in [0.4, 0.5) is 0 Å². The molecular formula is C12H26N2O2. The van der Waals surface area contributed by atoms with Crippen LogP contribution in [0.25, 0.3) is 0 Å². The van der Waals surface area contributed by atoms with Gasteiger partial charge in [0.1, 0.15) is 0 Å². The lowest BCUT2D eigenvalue weighted by Crippen LogP contribution is -2.56. The van der Waals surface area contributed by atoms with Crippen LogP contribution >= 0.6 is 0 Å². The molecule has 0 radical (unpaired) electrons. The van der Waals surface area contributed by atoms with E-state index in [2.05, 4.69) is 24.1 Å². The number of hydrogen-bond acceptors (Lipinski definition) is 4. The molecule has 4 heteroatoms. The topological polar surface area (TPSA) is 44.7 Å². The number of rotatable bonds is 6. The number of nitrogens with one attached hydrogen (secondary N) is 1. The minimum atomic E-state index is -0.190. The van der Waals surface area contributed by atoms with E-state index in [1.54, 1.807) is 7.11 Å². The summed E-state index contributed by atoms with van der Waals surface area (Å²) in [6, 6.07) is 0. The molecule has 2 N–H and O–H groups in total. The van der Waals surface area contributed by atoms with Crippen molar-refractivity contribution in [2.75, 3.05) is 39.9 Å². The number of ether oxygens (including phenoxy) is 1. The maximum Gasteiger partial charge on any atom is 0.0698 e. The average Bonchev–Trinajstić information content (AvgIpc) is 2.29. The van der Waals surface area contributed by atoms with Gasteiger partial charge in [-0.2, -0.15) is 0 Å². The Bertz CT molecular complexity index is 201. The SMILES string of the molecule is CCNC(C)(CO)CN1CCCC(OC)C1. The van der Waals surface area contributed by atoms with Gasteiger partial charge < -0.3 is 15.2 Å². The molecule has 0 saturated carbocycles. The van der Waals surface area contributed by atoms with Crippen molar-refractivity contribution < 1.29 is 9.84 Å². The first-order valence-corrected chi connectivity index (χ1v) is 6.24. The molecule has 0 spiro atoms. The van der Waals surface area contributed by atoms with Gasteiger partial charge in [0.25, 0.3) is 0 Å². The number of aliphatic hydroxyl groups is 1. The summed E-state index contributed by atoms with van der Waals surface area (Å²) in [7, 11) is 1.78. The zero-order chi connectivity index (χ0) is 12.0. The summed E-state index contributed by atoms with van der Waals surface area (Å²) < 4.78 is 5.40. The van der Waals surface area contributed by atoms with E-state index < -0.39 is 0 Å². The highest BCUT2D eigenvalue weighted by molar-refractivity contribution is 4.87. The lowest BCUT2D eigenvalue weighted by Gasteiger charge is -2.38. The molecule has 4 nitrogen and oxygen atoms in total. The number of methoxy groups -OCH3 is 1. The predicted octanol–water partition coefficient (Wildman–Crippen LogP) is 0.458. The van der Waals surface area contributed by atoms with Gasteiger partial charge in [-0.1, -0.05) is 6.92 Å². The molecule has 96 valence electrons. The summed E-state index contributed by atoms with van der Waals surface area (Å²) in [4.78, 5) is 2.39. The minimum Gasteiger partial charge on any atom is -0.394 e. The van der Waals surface area contributed by atoms with Crippen LogP contribution in [-0.2, 0) is 4.74 Å². The monoisotopic (exact) mass is 230 g/mol. The molecular weight excluding hydrogens is 204 g/mol. The van der Waals surface area contributed by atoms with Crippen LogP contribution in [-0.4, -0.2) is 61.5 Å². The Morgan fingerprint density at radius 1 is 1.56 bits per heavy atom. The molecule has 1 aliphatic rings. The van der Waals surface area contributed by atoms with Crippen molar-refractivity contribution in [1.29, 1.82) is 0 Å². The van der Waals surface area contributed by atoms with Crippen LogP contribution in [0.3, 0.4) is 0 Å². The van der Waals surface area contributed by atoms with Gasteiger partial charge in [-0.3, -0.25) is 4.90 Å². The van der Waals surface area contributed by atoms with Crippen molar-refractivity contribution in [1.82, 2.24) is 10.2 Å². The molecule has 1 fully saturated rings. The fourth-order valence-electron chi connectivity index (χ4n) is 2.43. The Morgan fingerprint density at radius 3 is 2.88 bits per heavy atom. The summed E-state index contributed by atoms with van der Waals surface area (Å²) in [5.74, 6) is 0. The minimum absolute atomic E-state index is 0.176. The molecule has 1 saturated heterocycles. The standard InChI is InChI=1S/C12H26N2O2/c1-4-13-12(2,10-15)9-14-7-5-6-11(8-14)16-3/h11,13,15H,4-10H2,1-3H3. The second-order valence-electron chi connectivity index (χ2n) is 4.98. The first kappa shape index (κ1) is 13.9. The largest absolute Gasteiger partial charge is 0.394 e. The van der Waals surface area contributed by atoms with E-state index >= 15 is 0 Å². The molecule has 2 unspecified atom stereocenters. The molecule has 2 atom stereocenters. The van der Waals surface area contributed by atoms with Crippen molar-refractivity contribution in [2.24, 2.45) is 0 Å². The molecule has 16 heavy (non-hydrogen) atoms. The average molecular weight is 230 g/mol. The van der Waals surface area contributed by atoms with Crippen LogP contribution < -0.4 is 5.32 Å². The van der Waals surface area contributed by atoms with Gasteiger partial charge in [0.15, 0.2) is 0 Å². The lowest BCUT2D eigenvalue weighted by molar-refractivity contribution is 0.0155. The number of hydrogen-bond donors (Lipinski definition) is 2. The maximum absolute atomic E-state index is 9.45. The molecule has 0 aliphatic carbocycles. The second-order valence-corrected chi connectivity index (χ2v) is 4.98. The number of piperidine rings is 1. The summed E-state index contributed by atoms with van der Waals surface area (Å²) in [6.07, 6.45) is 2.70. The van der Waals surface area contributed by atoms with Gasteiger partial charge in [0.05, 0.1) is 18.2 Å². The fraction of sp³-hybridized carbons (Fsp3) is 1.00. The second kappa shape index (κ2) is 6.55. The number of likely N-dealkylation sites (N-methyl/N-ethyl adjacent to an activating group) is 1. The summed E-state index contributed by atoms with van der Waals surface area (Å²) in [5, 5.41) is 12.8. The van der Waals surface area contributed by atoms with Gasteiger partial charge in [-0.15, -0.1) is 0 Å². The Kier molecular flexibility index (Phi) is 5.69. The Balaban J connectivity index is 2.44. The van der Waals surface area contributed by atoms with Crippen LogP contribution in [0.2, 0.25) is 0 Å². The molecule has 0 bridgehead atoms. The van der Waals surface area contributed by atoms with Crippen LogP contribution in [0, 0.1) is 0 Å². The van der Waals surface area contributed by atoms with Crippen LogP contribution in [0.15, 0.2) is 0 Å². The highest BCUT2D eigenvalue weighted by atomic mass is 16.5. The van der Waals surface area contributed by atoms with Gasteiger partial charge in [-0.05, 0) is 32.9 Å². The molecule has 1 rings (SSSR count). The Morgan fingerprint density at radius 2 is 2.31 bits per heavy atom. The quantitative estimate of drug-likeness (QED) is 0.696. The first-order valence-electron chi connectivity index (χ1n) is 6.24. The number of nitrogens with zero attached hydrogens (tertiary/aromatic N) is 1. The van der Waals surface area contributed by atoms with Crippen LogP contribution in [0.1, 0.15) is 26.7 Å². The molecule has 0 aromatic heterocycles. The Labute approximate surface area is 99.0 Å². The summed E-state index contributed by atoms with van der Waals surface area (Å²) in [5.41, 5.74) is -0.190. The van der Waals surface area contributed by atoms with Crippen LogP contribution in [0.5, 0.6) is 0 Å². The zero-order valence-corrected chi connectivity index (χ0v) is 10.8. The van der Waals surface area contributed by atoms with Crippen molar-refractivity contribution in [3.63, 3.8) is 0 Å². The summed E-state index contributed by atoms with van der Waals surface area (Å²) >= 11 is 0. The summed E-state index contributed by atoms with van der Waals surface area (Å²) in [6.45, 7) is 8.19. The fourth-order valence-corrected chi connectivity index (χ4v) is 2.43. The number of likely N-dealkylation sites (tertiary alicyclic amines) is 1. The molecule has 0 amide bonds. The van der Waals surface area contributed by atoms with E-state index in [1.807, 2.05) is 0 Å². The molecule has 0 aromatic rings. The van der Waals surface area contributed by atoms with E-state index in [1.165, 1.54) is 6.42 Å². The van der Waals surface area contributed by atoms with Gasteiger partial charge in [-0.25, -0.2) is 0 Å². The third-order valence-electron chi connectivity index (χ3n) is 3.32. The Hall–Kier alpha value is -0.160. The molecule has 1 heterocycles. The highest BCUT2D eigenvalue weighted by Crippen LogP contribution is 2.15. The highest BCUT2D eigenvalue weighted by Gasteiger charge is 2.28. The van der Waals surface area contributed by atoms with Crippen molar-refractivity contribution in [3.8, 4) is 0 Å². The van der Waals surface area contributed by atoms with Gasteiger partial charge in [0, 0.05) is 20.2 Å². The van der Waals surface area contributed by atoms with E-state index in [4.69, 9.17) is 4.74 Å². The van der Waals surface area contributed by atoms with Crippen molar-refractivity contribution >= 4 is 0 Å². The van der Waals surface area contributed by atoms with Gasteiger partial charge >= 0.3 is 0 Å². The van der Waals surface area contributed by atoms with E-state index in [0.29, 0.717) is 6.10 Å². The smallest absolute Gasteiger partial charge is 0.0698 e. The third-order valence-corrected chi connectivity index (χ3v) is 3.32. The molecule has 0 aromatic carbocycles. The third kappa shape index (κ3) is 4.01. The lowest BCUT2D eigenvalue weighted by atomic mass is 10.00. The predicted molar refractivity (Wildman–Crippen MR) is 65.6 cm³/mol. The van der Waals surface area contributed by atoms with Crippen molar-refractivity contribution in [3.05, 3.63) is 0 Å². The zero-order valence-electron chi connectivity index (χ0n) is 10.8. The normalized spacial score (nSPS) is 26.6.